The van der Waals surface area contributed by atoms with Crippen LogP contribution < -0.4 is 5.32 Å². The van der Waals surface area contributed by atoms with Gasteiger partial charge in [-0.3, -0.25) is 9.59 Å². The summed E-state index contributed by atoms with van der Waals surface area (Å²) in [5.41, 5.74) is 0. The molecule has 1 aliphatic heterocycles. The highest BCUT2D eigenvalue weighted by Crippen LogP contribution is 2.19. The SMILES string of the molecule is CC(=O)c1ccc(C(=O)N[C@H]2CCO[C@H](CO)[C@H]2O)s1. The fourth-order valence-corrected chi connectivity index (χ4v) is 2.89. The summed E-state index contributed by atoms with van der Waals surface area (Å²) in [5, 5.41) is 21.7. The first kappa shape index (κ1) is 15.1. The van der Waals surface area contributed by atoms with Crippen LogP contribution in [0.15, 0.2) is 12.1 Å². The van der Waals surface area contributed by atoms with Crippen molar-refractivity contribution in [3.63, 3.8) is 0 Å². The van der Waals surface area contributed by atoms with Crippen molar-refractivity contribution in [2.75, 3.05) is 13.2 Å². The lowest BCUT2D eigenvalue weighted by Crippen LogP contribution is -2.54. The van der Waals surface area contributed by atoms with Gasteiger partial charge in [0.25, 0.3) is 5.91 Å². The molecule has 1 saturated heterocycles. The second-order valence-corrected chi connectivity index (χ2v) is 5.75. The largest absolute Gasteiger partial charge is 0.394 e. The van der Waals surface area contributed by atoms with Gasteiger partial charge < -0.3 is 20.3 Å². The molecule has 2 heterocycles. The molecule has 2 rings (SSSR count). The number of rotatable bonds is 4. The van der Waals surface area contributed by atoms with E-state index in [1.54, 1.807) is 12.1 Å². The smallest absolute Gasteiger partial charge is 0.261 e. The molecule has 6 nitrogen and oxygen atoms in total. The molecule has 7 heteroatoms. The van der Waals surface area contributed by atoms with Crippen LogP contribution in [0.3, 0.4) is 0 Å². The number of hydrogen-bond donors (Lipinski definition) is 3. The summed E-state index contributed by atoms with van der Waals surface area (Å²) < 4.78 is 5.20. The number of nitrogens with one attached hydrogen (secondary N) is 1. The average molecular weight is 299 g/mol. The minimum absolute atomic E-state index is 0.0829. The average Bonchev–Trinajstić information content (AvgIpc) is 2.91. The molecule has 1 aromatic heterocycles. The van der Waals surface area contributed by atoms with E-state index in [2.05, 4.69) is 5.32 Å². The summed E-state index contributed by atoms with van der Waals surface area (Å²) in [5.74, 6) is -0.411. The molecule has 0 aliphatic carbocycles. The van der Waals surface area contributed by atoms with Crippen molar-refractivity contribution in [2.45, 2.75) is 31.6 Å². The lowest BCUT2D eigenvalue weighted by Gasteiger charge is -2.34. The van der Waals surface area contributed by atoms with Crippen LogP contribution in [-0.2, 0) is 4.74 Å². The summed E-state index contributed by atoms with van der Waals surface area (Å²) in [6.45, 7) is 1.53. The Hall–Kier alpha value is -1.28. The van der Waals surface area contributed by atoms with Crippen molar-refractivity contribution in [1.29, 1.82) is 0 Å². The van der Waals surface area contributed by atoms with Gasteiger partial charge in [0.1, 0.15) is 12.2 Å². The maximum Gasteiger partial charge on any atom is 0.261 e. The van der Waals surface area contributed by atoms with Gasteiger partial charge in [0.2, 0.25) is 0 Å². The van der Waals surface area contributed by atoms with E-state index >= 15 is 0 Å². The molecule has 0 saturated carbocycles. The number of Topliss-reactive ketones (excluding diaryl/α,β-unsaturated/α-hetero) is 1. The Morgan fingerprint density at radius 1 is 1.45 bits per heavy atom. The van der Waals surface area contributed by atoms with E-state index in [0.29, 0.717) is 22.8 Å². The Kier molecular flexibility index (Phi) is 4.87. The predicted octanol–water partition coefficient (Wildman–Crippen LogP) is 0.191. The molecule has 0 unspecified atom stereocenters. The van der Waals surface area contributed by atoms with Gasteiger partial charge in [0.05, 0.1) is 22.4 Å². The molecule has 0 aromatic carbocycles. The first-order valence-corrected chi connectivity index (χ1v) is 7.16. The van der Waals surface area contributed by atoms with Crippen LogP contribution in [0.5, 0.6) is 0 Å². The lowest BCUT2D eigenvalue weighted by atomic mass is 10.00. The van der Waals surface area contributed by atoms with Gasteiger partial charge in [-0.1, -0.05) is 0 Å². The van der Waals surface area contributed by atoms with Gasteiger partial charge in [-0.25, -0.2) is 0 Å². The summed E-state index contributed by atoms with van der Waals surface area (Å²) in [6.07, 6.45) is -1.14. The second-order valence-electron chi connectivity index (χ2n) is 4.67. The molecule has 110 valence electrons. The van der Waals surface area contributed by atoms with E-state index < -0.39 is 18.2 Å². The lowest BCUT2D eigenvalue weighted by molar-refractivity contribution is -0.107. The van der Waals surface area contributed by atoms with E-state index in [-0.39, 0.29) is 18.3 Å². The van der Waals surface area contributed by atoms with Crippen LogP contribution in [0.25, 0.3) is 0 Å². The topological polar surface area (TPSA) is 95.9 Å². The highest BCUT2D eigenvalue weighted by atomic mass is 32.1. The Bertz CT molecular complexity index is 501. The second kappa shape index (κ2) is 6.45. The Balaban J connectivity index is 2.01. The molecule has 3 atom stereocenters. The number of thiophene rings is 1. The molecule has 0 radical (unpaired) electrons. The van der Waals surface area contributed by atoms with Gasteiger partial charge in [-0.15, -0.1) is 11.3 Å². The predicted molar refractivity (Wildman–Crippen MR) is 73.0 cm³/mol. The highest BCUT2D eigenvalue weighted by Gasteiger charge is 2.33. The van der Waals surface area contributed by atoms with Gasteiger partial charge in [-0.05, 0) is 25.5 Å². The van der Waals surface area contributed by atoms with E-state index in [1.807, 2.05) is 0 Å². The molecule has 0 bridgehead atoms. The third-order valence-corrected chi connectivity index (χ3v) is 4.41. The maximum atomic E-state index is 12.1. The molecular weight excluding hydrogens is 282 g/mol. The fraction of sp³-hybridized carbons (Fsp3) is 0.538. The first-order valence-electron chi connectivity index (χ1n) is 6.35. The zero-order valence-electron chi connectivity index (χ0n) is 11.0. The van der Waals surface area contributed by atoms with Crippen molar-refractivity contribution in [2.24, 2.45) is 0 Å². The number of ether oxygens (including phenoxy) is 1. The van der Waals surface area contributed by atoms with Gasteiger partial charge in [0.15, 0.2) is 5.78 Å². The highest BCUT2D eigenvalue weighted by molar-refractivity contribution is 7.15. The standard InChI is InChI=1S/C13H17NO5S/c1-7(16)10-2-3-11(20-10)13(18)14-8-4-5-19-9(6-15)12(8)17/h2-3,8-9,12,15,17H,4-6H2,1H3,(H,14,18)/t8-,9+,12-/m0/s1. The van der Waals surface area contributed by atoms with E-state index in [0.717, 1.165) is 11.3 Å². The van der Waals surface area contributed by atoms with E-state index in [9.17, 15) is 14.7 Å². The van der Waals surface area contributed by atoms with Crippen molar-refractivity contribution in [1.82, 2.24) is 5.32 Å². The number of hydrogen-bond acceptors (Lipinski definition) is 6. The third kappa shape index (κ3) is 3.24. The van der Waals surface area contributed by atoms with E-state index in [4.69, 9.17) is 9.84 Å². The minimum Gasteiger partial charge on any atom is -0.394 e. The molecule has 1 aliphatic rings. The summed E-state index contributed by atoms with van der Waals surface area (Å²) >= 11 is 1.12. The summed E-state index contributed by atoms with van der Waals surface area (Å²) in [4.78, 5) is 24.2. The fourth-order valence-electron chi connectivity index (χ4n) is 2.08. The first-order chi connectivity index (χ1) is 9.52. The van der Waals surface area contributed by atoms with Gasteiger partial charge >= 0.3 is 0 Å². The Morgan fingerprint density at radius 3 is 2.75 bits per heavy atom. The molecular formula is C13H17NO5S. The number of aliphatic hydroxyl groups excluding tert-OH is 2. The normalized spacial score (nSPS) is 26.2. The summed E-state index contributed by atoms with van der Waals surface area (Å²) in [7, 11) is 0. The number of amides is 1. The third-order valence-electron chi connectivity index (χ3n) is 3.23. The minimum atomic E-state index is -0.940. The van der Waals surface area contributed by atoms with Crippen molar-refractivity contribution in [3.05, 3.63) is 21.9 Å². The molecule has 1 aromatic rings. The number of carbonyl (C=O) groups is 2. The number of carbonyl (C=O) groups excluding carboxylic acids is 2. The van der Waals surface area contributed by atoms with Crippen LogP contribution in [0.2, 0.25) is 0 Å². The van der Waals surface area contributed by atoms with Crippen LogP contribution in [0.1, 0.15) is 32.7 Å². The molecule has 20 heavy (non-hydrogen) atoms. The van der Waals surface area contributed by atoms with E-state index in [1.165, 1.54) is 6.92 Å². The number of aliphatic hydroxyl groups is 2. The zero-order chi connectivity index (χ0) is 14.7. The van der Waals surface area contributed by atoms with Crippen LogP contribution in [0.4, 0.5) is 0 Å². The Morgan fingerprint density at radius 2 is 2.15 bits per heavy atom. The molecule has 1 fully saturated rings. The van der Waals surface area contributed by atoms with Crippen molar-refractivity contribution >= 4 is 23.0 Å². The molecule has 0 spiro atoms. The molecule has 1 amide bonds. The van der Waals surface area contributed by atoms with Crippen LogP contribution >= 0.6 is 11.3 Å². The van der Waals surface area contributed by atoms with Crippen molar-refractivity contribution < 1.29 is 24.5 Å². The van der Waals surface area contributed by atoms with Crippen LogP contribution in [0, 0.1) is 0 Å². The van der Waals surface area contributed by atoms with Crippen LogP contribution in [-0.4, -0.2) is 53.4 Å². The Labute approximate surface area is 120 Å². The maximum absolute atomic E-state index is 12.1. The number of ketones is 1. The zero-order valence-corrected chi connectivity index (χ0v) is 11.9. The molecule has 3 N–H and O–H groups in total. The van der Waals surface area contributed by atoms with Crippen molar-refractivity contribution in [3.8, 4) is 0 Å². The van der Waals surface area contributed by atoms with Gasteiger partial charge in [-0.2, -0.15) is 0 Å². The quantitative estimate of drug-likeness (QED) is 0.690. The summed E-state index contributed by atoms with van der Waals surface area (Å²) in [6, 6.07) is 2.74. The van der Waals surface area contributed by atoms with Gasteiger partial charge in [0, 0.05) is 6.61 Å². The monoisotopic (exact) mass is 299 g/mol.